The van der Waals surface area contributed by atoms with Crippen molar-refractivity contribution in [3.8, 4) is 0 Å². The minimum absolute atomic E-state index is 0.526. The summed E-state index contributed by atoms with van der Waals surface area (Å²) in [5, 5.41) is 3.55. The van der Waals surface area contributed by atoms with Gasteiger partial charge in [-0.1, -0.05) is 13.8 Å². The lowest BCUT2D eigenvalue weighted by Crippen LogP contribution is -2.34. The first kappa shape index (κ1) is 14.5. The lowest BCUT2D eigenvalue weighted by Gasteiger charge is -2.33. The van der Waals surface area contributed by atoms with E-state index < -0.39 is 0 Å². The van der Waals surface area contributed by atoms with Gasteiger partial charge in [-0.25, -0.2) is 4.98 Å². The number of nitrogens with zero attached hydrogens (tertiary/aromatic N) is 3. The van der Waals surface area contributed by atoms with Crippen LogP contribution in [0.5, 0.6) is 0 Å². The van der Waals surface area contributed by atoms with Crippen molar-refractivity contribution >= 4 is 17.0 Å². The van der Waals surface area contributed by atoms with Crippen molar-refractivity contribution in [2.75, 3.05) is 18.0 Å². The molecule has 112 valence electrons. The van der Waals surface area contributed by atoms with E-state index >= 15 is 0 Å². The van der Waals surface area contributed by atoms with Crippen LogP contribution < -0.4 is 4.90 Å². The quantitative estimate of drug-likeness (QED) is 0.843. The van der Waals surface area contributed by atoms with Gasteiger partial charge in [0.2, 0.25) is 0 Å². The molecule has 1 aliphatic rings. The summed E-state index contributed by atoms with van der Waals surface area (Å²) >= 11 is 1.83. The third-order valence-corrected chi connectivity index (χ3v) is 5.17. The van der Waals surface area contributed by atoms with Crippen LogP contribution in [0.3, 0.4) is 0 Å². The zero-order valence-electron chi connectivity index (χ0n) is 13.0. The van der Waals surface area contributed by atoms with Crippen LogP contribution in [0.4, 0.5) is 5.69 Å². The molecule has 1 atom stereocenters. The highest BCUT2D eigenvalue weighted by Crippen LogP contribution is 2.32. The van der Waals surface area contributed by atoms with Crippen molar-refractivity contribution in [2.45, 2.75) is 45.4 Å². The standard InChI is InChI=1S/C17H23N3S/c1-12(2)16-11-21-17(19-16)14-5-4-8-20(10-14)15-6-7-18-13(3)9-15/h6-7,9,11-12,14H,4-5,8,10H2,1-3H3. The van der Waals surface area contributed by atoms with Crippen LogP contribution in [-0.2, 0) is 0 Å². The first-order chi connectivity index (χ1) is 10.1. The van der Waals surface area contributed by atoms with Gasteiger partial charge in [-0.3, -0.25) is 4.98 Å². The molecule has 0 amide bonds. The fourth-order valence-electron chi connectivity index (χ4n) is 2.89. The van der Waals surface area contributed by atoms with E-state index in [0.29, 0.717) is 11.8 Å². The molecule has 3 nitrogen and oxygen atoms in total. The van der Waals surface area contributed by atoms with Gasteiger partial charge >= 0.3 is 0 Å². The summed E-state index contributed by atoms with van der Waals surface area (Å²) in [4.78, 5) is 11.6. The Balaban J connectivity index is 1.76. The summed E-state index contributed by atoms with van der Waals surface area (Å²) in [5.41, 5.74) is 3.63. The van der Waals surface area contributed by atoms with E-state index in [-0.39, 0.29) is 0 Å². The largest absolute Gasteiger partial charge is 0.371 e. The minimum Gasteiger partial charge on any atom is -0.371 e. The van der Waals surface area contributed by atoms with E-state index in [1.807, 2.05) is 17.5 Å². The zero-order chi connectivity index (χ0) is 14.8. The van der Waals surface area contributed by atoms with Crippen molar-refractivity contribution in [3.05, 3.63) is 40.1 Å². The number of piperidine rings is 1. The first-order valence-corrected chi connectivity index (χ1v) is 8.64. The Hall–Kier alpha value is -1.42. The number of pyridine rings is 1. The van der Waals surface area contributed by atoms with Crippen LogP contribution in [0.25, 0.3) is 0 Å². The second kappa shape index (κ2) is 6.14. The molecular weight excluding hydrogens is 278 g/mol. The Bertz CT molecular complexity index is 606. The number of rotatable bonds is 3. The molecule has 3 rings (SSSR count). The molecular formula is C17H23N3S. The van der Waals surface area contributed by atoms with E-state index in [2.05, 4.69) is 48.2 Å². The van der Waals surface area contributed by atoms with Crippen molar-refractivity contribution in [2.24, 2.45) is 0 Å². The number of aryl methyl sites for hydroxylation is 1. The Morgan fingerprint density at radius 1 is 1.38 bits per heavy atom. The van der Waals surface area contributed by atoms with Gasteiger partial charge in [0.1, 0.15) is 0 Å². The van der Waals surface area contributed by atoms with Gasteiger partial charge in [-0.05, 0) is 37.8 Å². The molecule has 1 saturated heterocycles. The first-order valence-electron chi connectivity index (χ1n) is 7.76. The normalized spacial score (nSPS) is 19.2. The van der Waals surface area contributed by atoms with E-state index in [1.54, 1.807) is 0 Å². The van der Waals surface area contributed by atoms with Gasteiger partial charge in [-0.15, -0.1) is 11.3 Å². The summed E-state index contributed by atoms with van der Waals surface area (Å²) < 4.78 is 0. The molecule has 1 unspecified atom stereocenters. The van der Waals surface area contributed by atoms with Crippen LogP contribution in [0.15, 0.2) is 23.7 Å². The summed E-state index contributed by atoms with van der Waals surface area (Å²) in [6.45, 7) is 8.70. The Morgan fingerprint density at radius 3 is 2.95 bits per heavy atom. The topological polar surface area (TPSA) is 29.0 Å². The average Bonchev–Trinajstić information content (AvgIpc) is 2.97. The molecule has 0 spiro atoms. The fraction of sp³-hybridized carbons (Fsp3) is 0.529. The SMILES string of the molecule is Cc1cc(N2CCCC(c3nc(C(C)C)cs3)C2)ccn1. The van der Waals surface area contributed by atoms with Crippen LogP contribution in [0, 0.1) is 6.92 Å². The number of anilines is 1. The van der Waals surface area contributed by atoms with Crippen LogP contribution in [0.1, 0.15) is 54.9 Å². The second-order valence-corrected chi connectivity index (χ2v) is 7.10. The fourth-order valence-corrected chi connectivity index (χ4v) is 4.00. The molecule has 3 heterocycles. The van der Waals surface area contributed by atoms with Gasteiger partial charge in [0, 0.05) is 42.0 Å². The van der Waals surface area contributed by atoms with Crippen molar-refractivity contribution < 1.29 is 0 Å². The van der Waals surface area contributed by atoms with Gasteiger partial charge < -0.3 is 4.90 Å². The molecule has 1 aliphatic heterocycles. The minimum atomic E-state index is 0.526. The third-order valence-electron chi connectivity index (χ3n) is 4.15. The molecule has 0 aliphatic carbocycles. The third kappa shape index (κ3) is 3.26. The van der Waals surface area contributed by atoms with Crippen molar-refractivity contribution in [3.63, 3.8) is 0 Å². The molecule has 4 heteroatoms. The maximum atomic E-state index is 4.86. The monoisotopic (exact) mass is 301 g/mol. The lowest BCUT2D eigenvalue weighted by molar-refractivity contribution is 0.507. The van der Waals surface area contributed by atoms with Crippen LogP contribution >= 0.6 is 11.3 Å². The van der Waals surface area contributed by atoms with Crippen molar-refractivity contribution in [1.29, 1.82) is 0 Å². The highest BCUT2D eigenvalue weighted by atomic mass is 32.1. The maximum absolute atomic E-state index is 4.86. The molecule has 2 aromatic rings. The summed E-state index contributed by atoms with van der Waals surface area (Å²) in [6, 6.07) is 4.31. The van der Waals surface area contributed by atoms with Crippen LogP contribution in [-0.4, -0.2) is 23.1 Å². The maximum Gasteiger partial charge on any atom is 0.0977 e. The van der Waals surface area contributed by atoms with Crippen LogP contribution in [0.2, 0.25) is 0 Å². The summed E-state index contributed by atoms with van der Waals surface area (Å²) in [5.74, 6) is 1.10. The number of aromatic nitrogens is 2. The average molecular weight is 301 g/mol. The van der Waals surface area contributed by atoms with E-state index in [4.69, 9.17) is 4.98 Å². The Morgan fingerprint density at radius 2 is 2.24 bits per heavy atom. The molecule has 1 fully saturated rings. The Kier molecular flexibility index (Phi) is 4.24. The number of hydrogen-bond donors (Lipinski definition) is 0. The summed E-state index contributed by atoms with van der Waals surface area (Å²) in [6.07, 6.45) is 4.41. The zero-order valence-corrected chi connectivity index (χ0v) is 13.9. The van der Waals surface area contributed by atoms with Gasteiger partial charge in [0.15, 0.2) is 0 Å². The number of hydrogen-bond acceptors (Lipinski definition) is 4. The summed E-state index contributed by atoms with van der Waals surface area (Å²) in [7, 11) is 0. The molecule has 21 heavy (non-hydrogen) atoms. The predicted molar refractivity (Wildman–Crippen MR) is 89.4 cm³/mol. The Labute approximate surface area is 131 Å². The molecule has 0 N–H and O–H groups in total. The molecule has 0 saturated carbocycles. The predicted octanol–water partition coefficient (Wildman–Crippen LogP) is 4.35. The van der Waals surface area contributed by atoms with E-state index in [9.17, 15) is 0 Å². The van der Waals surface area contributed by atoms with E-state index in [0.717, 1.165) is 18.8 Å². The van der Waals surface area contributed by atoms with Gasteiger partial charge in [0.25, 0.3) is 0 Å². The van der Waals surface area contributed by atoms with Crippen molar-refractivity contribution in [1.82, 2.24) is 9.97 Å². The highest BCUT2D eigenvalue weighted by molar-refractivity contribution is 7.09. The molecule has 2 aromatic heterocycles. The molecule has 0 bridgehead atoms. The molecule has 0 radical (unpaired) electrons. The van der Waals surface area contributed by atoms with Gasteiger partial charge in [0.05, 0.1) is 10.7 Å². The smallest absolute Gasteiger partial charge is 0.0977 e. The molecule has 0 aromatic carbocycles. The number of thiazole rings is 1. The lowest BCUT2D eigenvalue weighted by atomic mass is 9.98. The van der Waals surface area contributed by atoms with E-state index in [1.165, 1.54) is 29.2 Å². The van der Waals surface area contributed by atoms with Gasteiger partial charge in [-0.2, -0.15) is 0 Å². The second-order valence-electron chi connectivity index (χ2n) is 6.21. The highest BCUT2D eigenvalue weighted by Gasteiger charge is 2.24.